The van der Waals surface area contributed by atoms with Gasteiger partial charge in [0.05, 0.1) is 5.69 Å². The lowest BCUT2D eigenvalue weighted by molar-refractivity contribution is -0.134. The van der Waals surface area contributed by atoms with Gasteiger partial charge in [0, 0.05) is 18.2 Å². The van der Waals surface area contributed by atoms with Gasteiger partial charge in [-0.05, 0) is 61.1 Å². The van der Waals surface area contributed by atoms with Crippen LogP contribution < -0.4 is 4.74 Å². The molecule has 0 bridgehead atoms. The number of nitrogens with zero attached hydrogens (tertiary/aromatic N) is 1. The molecule has 0 amide bonds. The Labute approximate surface area is 189 Å². The number of aromatic nitrogens is 1. The lowest BCUT2D eigenvalue weighted by Gasteiger charge is -2.09. The molecule has 2 rings (SSSR count). The Morgan fingerprint density at radius 2 is 1.58 bits per heavy atom. The molecule has 0 aliphatic rings. The topological polar surface area (TPSA) is 39.2 Å². The second-order valence-corrected chi connectivity index (χ2v) is 8.83. The molecule has 1 atom stereocenters. The summed E-state index contributed by atoms with van der Waals surface area (Å²) < 4.78 is 5.45. The van der Waals surface area contributed by atoms with E-state index in [1.54, 1.807) is 0 Å². The molecule has 1 aromatic carbocycles. The molecule has 1 aromatic heterocycles. The fourth-order valence-electron chi connectivity index (χ4n) is 3.65. The van der Waals surface area contributed by atoms with Crippen LogP contribution in [0.2, 0.25) is 0 Å². The number of carbonyl (C=O) groups excluding carboxylic acids is 1. The van der Waals surface area contributed by atoms with Gasteiger partial charge < -0.3 is 4.74 Å². The summed E-state index contributed by atoms with van der Waals surface area (Å²) in [5.74, 6) is 1.00. The molecule has 0 saturated heterocycles. The van der Waals surface area contributed by atoms with Crippen LogP contribution in [0.3, 0.4) is 0 Å². The zero-order valence-electron chi connectivity index (χ0n) is 19.9. The van der Waals surface area contributed by atoms with Crippen molar-refractivity contribution in [2.45, 2.75) is 97.8 Å². The van der Waals surface area contributed by atoms with Crippen molar-refractivity contribution in [2.75, 3.05) is 0 Å². The summed E-state index contributed by atoms with van der Waals surface area (Å²) in [6.07, 6.45) is 16.3. The van der Waals surface area contributed by atoms with Crippen LogP contribution in [-0.2, 0) is 11.2 Å². The average Bonchev–Trinajstić information content (AvgIpc) is 2.80. The molecule has 0 saturated carbocycles. The third kappa shape index (κ3) is 10.1. The highest BCUT2D eigenvalue weighted by atomic mass is 16.5. The summed E-state index contributed by atoms with van der Waals surface area (Å²) in [5, 5.41) is 0. The molecule has 0 aliphatic carbocycles. The molecule has 3 heteroatoms. The third-order valence-electron chi connectivity index (χ3n) is 6.06. The van der Waals surface area contributed by atoms with Gasteiger partial charge in [0.2, 0.25) is 0 Å². The summed E-state index contributed by atoms with van der Waals surface area (Å²) in [6, 6.07) is 11.9. The largest absolute Gasteiger partial charge is 0.427 e. The van der Waals surface area contributed by atoms with E-state index in [0.717, 1.165) is 30.5 Å². The van der Waals surface area contributed by atoms with Gasteiger partial charge in [-0.2, -0.15) is 0 Å². The molecule has 0 N–H and O–H groups in total. The van der Waals surface area contributed by atoms with Crippen LogP contribution in [0.4, 0.5) is 0 Å². The highest BCUT2D eigenvalue weighted by Gasteiger charge is 2.08. The molecule has 31 heavy (non-hydrogen) atoms. The van der Waals surface area contributed by atoms with Gasteiger partial charge in [0.1, 0.15) is 5.75 Å². The van der Waals surface area contributed by atoms with E-state index in [2.05, 4.69) is 37.9 Å². The Hall–Kier alpha value is -2.16. The van der Waals surface area contributed by atoms with E-state index in [4.69, 9.17) is 4.74 Å². The Balaban J connectivity index is 1.72. The second-order valence-electron chi connectivity index (χ2n) is 8.83. The fraction of sp³-hybridized carbons (Fsp3) is 0.571. The SMILES string of the molecule is CCCCCCCCCCc1ccc(-c2ccc(OC(=O)CCC(C)CC)cc2)nc1. The summed E-state index contributed by atoms with van der Waals surface area (Å²) in [6.45, 7) is 6.57. The number of rotatable bonds is 15. The normalized spacial score (nSPS) is 12.0. The minimum absolute atomic E-state index is 0.156. The minimum atomic E-state index is -0.156. The number of ether oxygens (including phenoxy) is 1. The van der Waals surface area contributed by atoms with Crippen LogP contribution in [-0.4, -0.2) is 11.0 Å². The molecule has 3 nitrogen and oxygen atoms in total. The van der Waals surface area contributed by atoms with E-state index in [9.17, 15) is 4.79 Å². The van der Waals surface area contributed by atoms with Crippen LogP contribution in [0.25, 0.3) is 11.3 Å². The standard InChI is InChI=1S/C28H41NO2/c1-4-6-7-8-9-10-11-12-13-24-15-20-27(29-22-24)25-16-18-26(19-17-25)31-28(30)21-14-23(3)5-2/h15-20,22-23H,4-14,21H2,1-3H3. The van der Waals surface area contributed by atoms with Crippen molar-refractivity contribution in [1.82, 2.24) is 4.98 Å². The van der Waals surface area contributed by atoms with Crippen LogP contribution >= 0.6 is 0 Å². The first-order valence-electron chi connectivity index (χ1n) is 12.4. The molecule has 170 valence electrons. The number of pyridine rings is 1. The highest BCUT2D eigenvalue weighted by molar-refractivity contribution is 5.72. The number of esters is 1. The lowest BCUT2D eigenvalue weighted by atomic mass is 10.0. The number of carbonyl (C=O) groups is 1. The fourth-order valence-corrected chi connectivity index (χ4v) is 3.65. The van der Waals surface area contributed by atoms with Crippen molar-refractivity contribution in [1.29, 1.82) is 0 Å². The van der Waals surface area contributed by atoms with E-state index >= 15 is 0 Å². The van der Waals surface area contributed by atoms with Crippen molar-refractivity contribution in [3.05, 3.63) is 48.2 Å². The predicted molar refractivity (Wildman–Crippen MR) is 130 cm³/mol. The number of hydrogen-bond donors (Lipinski definition) is 0. The molecule has 0 fully saturated rings. The number of benzene rings is 1. The van der Waals surface area contributed by atoms with Crippen molar-refractivity contribution >= 4 is 5.97 Å². The lowest BCUT2D eigenvalue weighted by Crippen LogP contribution is -2.09. The van der Waals surface area contributed by atoms with Crippen LogP contribution in [0.15, 0.2) is 42.6 Å². The molecule has 2 aromatic rings. The van der Waals surface area contributed by atoms with Crippen LogP contribution in [0.1, 0.15) is 97.0 Å². The second kappa shape index (κ2) is 14.8. The summed E-state index contributed by atoms with van der Waals surface area (Å²) in [4.78, 5) is 16.6. The first-order valence-corrected chi connectivity index (χ1v) is 12.4. The maximum atomic E-state index is 12.0. The number of aryl methyl sites for hydroxylation is 1. The van der Waals surface area contributed by atoms with Crippen LogP contribution in [0, 0.1) is 5.92 Å². The first kappa shape index (κ1) is 25.1. The minimum Gasteiger partial charge on any atom is -0.427 e. The van der Waals surface area contributed by atoms with Gasteiger partial charge in [0.25, 0.3) is 0 Å². The molecule has 0 radical (unpaired) electrons. The molecular weight excluding hydrogens is 382 g/mol. The third-order valence-corrected chi connectivity index (χ3v) is 6.06. The van der Waals surface area contributed by atoms with Gasteiger partial charge >= 0.3 is 5.97 Å². The first-order chi connectivity index (χ1) is 15.1. The Kier molecular flexibility index (Phi) is 12.0. The Morgan fingerprint density at radius 1 is 0.903 bits per heavy atom. The zero-order valence-corrected chi connectivity index (χ0v) is 19.9. The molecule has 0 aliphatic heterocycles. The van der Waals surface area contributed by atoms with Crippen molar-refractivity contribution in [3.63, 3.8) is 0 Å². The van der Waals surface area contributed by atoms with Crippen molar-refractivity contribution in [3.8, 4) is 17.0 Å². The van der Waals surface area contributed by atoms with E-state index in [-0.39, 0.29) is 5.97 Å². The quantitative estimate of drug-likeness (QED) is 0.165. The van der Waals surface area contributed by atoms with E-state index in [1.807, 2.05) is 30.5 Å². The van der Waals surface area contributed by atoms with E-state index < -0.39 is 0 Å². The monoisotopic (exact) mass is 423 g/mol. The molecular formula is C28H41NO2. The van der Waals surface area contributed by atoms with Gasteiger partial charge in [-0.1, -0.05) is 78.2 Å². The molecule has 0 spiro atoms. The summed E-state index contributed by atoms with van der Waals surface area (Å²) in [7, 11) is 0. The van der Waals surface area contributed by atoms with Crippen molar-refractivity contribution < 1.29 is 9.53 Å². The van der Waals surface area contributed by atoms with Gasteiger partial charge in [-0.15, -0.1) is 0 Å². The maximum absolute atomic E-state index is 12.0. The number of unbranched alkanes of at least 4 members (excludes halogenated alkanes) is 7. The van der Waals surface area contributed by atoms with Gasteiger partial charge in [-0.3, -0.25) is 9.78 Å². The van der Waals surface area contributed by atoms with Gasteiger partial charge in [-0.25, -0.2) is 0 Å². The molecule has 1 unspecified atom stereocenters. The Morgan fingerprint density at radius 3 is 2.19 bits per heavy atom. The summed E-state index contributed by atoms with van der Waals surface area (Å²) >= 11 is 0. The van der Waals surface area contributed by atoms with Crippen LogP contribution in [0.5, 0.6) is 5.75 Å². The zero-order chi connectivity index (χ0) is 22.3. The highest BCUT2D eigenvalue weighted by Crippen LogP contribution is 2.22. The van der Waals surface area contributed by atoms with Crippen molar-refractivity contribution in [2.24, 2.45) is 5.92 Å². The maximum Gasteiger partial charge on any atom is 0.311 e. The smallest absolute Gasteiger partial charge is 0.311 e. The van der Waals surface area contributed by atoms with Gasteiger partial charge in [0.15, 0.2) is 0 Å². The van der Waals surface area contributed by atoms with E-state index in [1.165, 1.54) is 56.9 Å². The predicted octanol–water partition coefficient (Wildman–Crippen LogP) is 8.16. The molecule has 1 heterocycles. The van der Waals surface area contributed by atoms with E-state index in [0.29, 0.717) is 18.1 Å². The Bertz CT molecular complexity index is 737. The summed E-state index contributed by atoms with van der Waals surface area (Å²) in [5.41, 5.74) is 3.30. The average molecular weight is 424 g/mol. The number of hydrogen-bond acceptors (Lipinski definition) is 3.